The molecule has 0 radical (unpaired) electrons. The molecule has 118 valence electrons. The summed E-state index contributed by atoms with van der Waals surface area (Å²) < 4.78 is 0. The molecule has 21 heavy (non-hydrogen) atoms. The average molecular weight is 311 g/mol. The zero-order valence-electron chi connectivity index (χ0n) is 13.0. The Labute approximate surface area is 131 Å². The molecule has 0 heterocycles. The second-order valence-electron chi connectivity index (χ2n) is 4.98. The summed E-state index contributed by atoms with van der Waals surface area (Å²) in [6.45, 7) is 7.13. The molecule has 6 heteroatoms. The van der Waals surface area contributed by atoms with Crippen molar-refractivity contribution in [3.05, 3.63) is 28.3 Å². The van der Waals surface area contributed by atoms with E-state index in [-0.39, 0.29) is 10.6 Å². The lowest BCUT2D eigenvalue weighted by molar-refractivity contribution is -0.384. The number of non-ortho nitro benzene ring substituents is 1. The van der Waals surface area contributed by atoms with Crippen molar-refractivity contribution >= 4 is 28.8 Å². The van der Waals surface area contributed by atoms with Crippen LogP contribution < -0.4 is 10.6 Å². The van der Waals surface area contributed by atoms with Crippen LogP contribution in [0.3, 0.4) is 0 Å². The third-order valence-electron chi connectivity index (χ3n) is 3.02. The fraction of sp³-hybridized carbons (Fsp3) is 0.600. The number of thioether (sulfide) groups is 1. The Morgan fingerprint density at radius 1 is 1.29 bits per heavy atom. The highest BCUT2D eigenvalue weighted by Gasteiger charge is 2.11. The molecule has 0 spiro atoms. The number of anilines is 2. The number of nitro groups is 1. The first-order chi connectivity index (χ1) is 10.1. The van der Waals surface area contributed by atoms with Crippen molar-refractivity contribution in [3.63, 3.8) is 0 Å². The van der Waals surface area contributed by atoms with Crippen molar-refractivity contribution in [2.24, 2.45) is 0 Å². The minimum absolute atomic E-state index is 0.119. The summed E-state index contributed by atoms with van der Waals surface area (Å²) in [5, 5.41) is 17.6. The number of benzene rings is 1. The van der Waals surface area contributed by atoms with Gasteiger partial charge in [0.1, 0.15) is 0 Å². The molecule has 5 nitrogen and oxygen atoms in total. The molecule has 2 N–H and O–H groups in total. The lowest BCUT2D eigenvalue weighted by atomic mass is 10.2. The lowest BCUT2D eigenvalue weighted by Gasteiger charge is -2.16. The Kier molecular flexibility index (Phi) is 7.97. The van der Waals surface area contributed by atoms with Gasteiger partial charge in [0.25, 0.3) is 5.69 Å². The van der Waals surface area contributed by atoms with Crippen LogP contribution in [0.5, 0.6) is 0 Å². The van der Waals surface area contributed by atoms with Crippen LogP contribution in [0.25, 0.3) is 0 Å². The molecule has 1 rings (SSSR count). The monoisotopic (exact) mass is 311 g/mol. The first-order valence-corrected chi connectivity index (χ1v) is 8.59. The maximum Gasteiger partial charge on any atom is 0.273 e. The third kappa shape index (κ3) is 6.71. The van der Waals surface area contributed by atoms with Crippen molar-refractivity contribution in [2.45, 2.75) is 39.7 Å². The van der Waals surface area contributed by atoms with E-state index < -0.39 is 0 Å². The maximum atomic E-state index is 11.0. The highest BCUT2D eigenvalue weighted by Crippen LogP contribution is 2.25. The lowest BCUT2D eigenvalue weighted by Crippen LogP contribution is -2.16. The molecule has 0 amide bonds. The van der Waals surface area contributed by atoms with E-state index in [2.05, 4.69) is 31.4 Å². The van der Waals surface area contributed by atoms with Crippen molar-refractivity contribution in [1.82, 2.24) is 0 Å². The number of hydrogen-bond acceptors (Lipinski definition) is 5. The van der Waals surface area contributed by atoms with Gasteiger partial charge in [0.2, 0.25) is 0 Å². The second kappa shape index (κ2) is 9.50. The SMILES string of the molecule is CCCNc1cc(NC(C)CCSCC)cc([N+](=O)[O-])c1. The van der Waals surface area contributed by atoms with Crippen LogP contribution in [0.1, 0.15) is 33.6 Å². The van der Waals surface area contributed by atoms with Crippen LogP contribution in [0.4, 0.5) is 17.1 Å². The van der Waals surface area contributed by atoms with Crippen LogP contribution in [-0.2, 0) is 0 Å². The highest BCUT2D eigenvalue weighted by atomic mass is 32.2. The third-order valence-corrected chi connectivity index (χ3v) is 3.95. The van der Waals surface area contributed by atoms with Gasteiger partial charge in [-0.2, -0.15) is 11.8 Å². The van der Waals surface area contributed by atoms with Gasteiger partial charge in [-0.3, -0.25) is 10.1 Å². The molecule has 0 saturated heterocycles. The maximum absolute atomic E-state index is 11.0. The van der Waals surface area contributed by atoms with Gasteiger partial charge in [-0.1, -0.05) is 13.8 Å². The zero-order valence-corrected chi connectivity index (χ0v) is 13.8. The van der Waals surface area contributed by atoms with E-state index in [4.69, 9.17) is 0 Å². The van der Waals surface area contributed by atoms with Gasteiger partial charge in [-0.25, -0.2) is 0 Å². The largest absolute Gasteiger partial charge is 0.385 e. The number of nitrogens with one attached hydrogen (secondary N) is 2. The minimum atomic E-state index is -0.347. The van der Waals surface area contributed by atoms with Gasteiger partial charge in [0, 0.05) is 36.1 Å². The smallest absolute Gasteiger partial charge is 0.273 e. The first-order valence-electron chi connectivity index (χ1n) is 7.44. The topological polar surface area (TPSA) is 67.2 Å². The number of rotatable bonds is 10. The Morgan fingerprint density at radius 2 is 2.00 bits per heavy atom. The molecule has 0 fully saturated rings. The molecular formula is C15H25N3O2S. The fourth-order valence-electron chi connectivity index (χ4n) is 1.93. The van der Waals surface area contributed by atoms with Gasteiger partial charge in [-0.05, 0) is 37.3 Å². The summed E-state index contributed by atoms with van der Waals surface area (Å²) in [6, 6.07) is 5.41. The summed E-state index contributed by atoms with van der Waals surface area (Å²) in [4.78, 5) is 10.7. The van der Waals surface area contributed by atoms with Gasteiger partial charge in [0.05, 0.1) is 4.92 Å². The molecule has 1 atom stereocenters. The van der Waals surface area contributed by atoms with Crippen molar-refractivity contribution in [2.75, 3.05) is 28.7 Å². The molecule has 1 aromatic rings. The summed E-state index contributed by atoms with van der Waals surface area (Å²) in [7, 11) is 0. The molecule has 0 aliphatic carbocycles. The average Bonchev–Trinajstić information content (AvgIpc) is 2.45. The number of nitro benzene ring substituents is 1. The summed E-state index contributed by atoms with van der Waals surface area (Å²) >= 11 is 1.91. The van der Waals surface area contributed by atoms with Crippen molar-refractivity contribution in [1.29, 1.82) is 0 Å². The molecule has 0 aliphatic rings. The van der Waals surface area contributed by atoms with Crippen LogP contribution in [0.2, 0.25) is 0 Å². The van der Waals surface area contributed by atoms with Crippen LogP contribution in [-0.4, -0.2) is 29.0 Å². The molecule has 0 aliphatic heterocycles. The quantitative estimate of drug-likeness (QED) is 0.382. The van der Waals surface area contributed by atoms with E-state index in [1.54, 1.807) is 12.1 Å². The van der Waals surface area contributed by atoms with E-state index in [0.717, 1.165) is 42.3 Å². The number of nitrogens with zero attached hydrogens (tertiary/aromatic N) is 1. The molecule has 1 unspecified atom stereocenters. The Hall–Kier alpha value is -1.43. The zero-order chi connectivity index (χ0) is 15.7. The normalized spacial score (nSPS) is 12.0. The van der Waals surface area contributed by atoms with Crippen LogP contribution >= 0.6 is 11.8 Å². The minimum Gasteiger partial charge on any atom is -0.385 e. The number of hydrogen-bond donors (Lipinski definition) is 2. The summed E-state index contributed by atoms with van der Waals surface area (Å²) in [5.41, 5.74) is 1.72. The predicted molar refractivity (Wildman–Crippen MR) is 92.6 cm³/mol. The highest BCUT2D eigenvalue weighted by molar-refractivity contribution is 7.99. The van der Waals surface area contributed by atoms with E-state index in [1.807, 2.05) is 17.8 Å². The summed E-state index contributed by atoms with van der Waals surface area (Å²) in [6.07, 6.45) is 2.02. The van der Waals surface area contributed by atoms with Gasteiger partial charge < -0.3 is 10.6 Å². The van der Waals surface area contributed by atoms with E-state index in [0.29, 0.717) is 6.04 Å². The Morgan fingerprint density at radius 3 is 2.62 bits per heavy atom. The molecule has 0 aromatic heterocycles. The van der Waals surface area contributed by atoms with Crippen LogP contribution in [0.15, 0.2) is 18.2 Å². The Bertz CT molecular complexity index is 455. The van der Waals surface area contributed by atoms with Crippen LogP contribution in [0, 0.1) is 10.1 Å². The summed E-state index contributed by atoms with van der Waals surface area (Å²) in [5.74, 6) is 2.22. The standard InChI is InChI=1S/C15H25N3O2S/c1-4-7-16-13-9-14(11-15(10-13)18(19)20)17-12(3)6-8-21-5-2/h9-12,16-17H,4-8H2,1-3H3. The molecule has 1 aromatic carbocycles. The van der Waals surface area contributed by atoms with Gasteiger partial charge in [0.15, 0.2) is 0 Å². The molecule has 0 saturated carbocycles. The van der Waals surface area contributed by atoms with E-state index in [1.165, 1.54) is 0 Å². The van der Waals surface area contributed by atoms with E-state index in [9.17, 15) is 10.1 Å². The Balaban J connectivity index is 2.74. The van der Waals surface area contributed by atoms with E-state index >= 15 is 0 Å². The second-order valence-corrected chi connectivity index (χ2v) is 6.38. The fourth-order valence-corrected chi connectivity index (χ4v) is 2.74. The van der Waals surface area contributed by atoms with Crippen molar-refractivity contribution < 1.29 is 4.92 Å². The van der Waals surface area contributed by atoms with Gasteiger partial charge >= 0.3 is 0 Å². The first kappa shape index (κ1) is 17.6. The molecule has 0 bridgehead atoms. The van der Waals surface area contributed by atoms with Gasteiger partial charge in [-0.15, -0.1) is 0 Å². The predicted octanol–water partition coefficient (Wildman–Crippen LogP) is 4.36. The van der Waals surface area contributed by atoms with Crippen molar-refractivity contribution in [3.8, 4) is 0 Å². The molecular weight excluding hydrogens is 286 g/mol.